The van der Waals surface area contributed by atoms with Gasteiger partial charge in [-0.3, -0.25) is 4.79 Å². The molecule has 1 fully saturated rings. The van der Waals surface area contributed by atoms with E-state index >= 15 is 0 Å². The number of benzene rings is 1. The number of hydrogen-bond donors (Lipinski definition) is 3. The van der Waals surface area contributed by atoms with Crippen LogP contribution in [0.5, 0.6) is 0 Å². The fourth-order valence-corrected chi connectivity index (χ4v) is 2.01. The number of H-pyrrole nitrogens is 1. The van der Waals surface area contributed by atoms with Crippen LogP contribution in [-0.2, 0) is 0 Å². The summed E-state index contributed by atoms with van der Waals surface area (Å²) < 4.78 is 0. The third-order valence-corrected chi connectivity index (χ3v) is 3.60. The first kappa shape index (κ1) is 11.2. The molecule has 1 heterocycles. The van der Waals surface area contributed by atoms with E-state index in [2.05, 4.69) is 15.3 Å². The lowest BCUT2D eigenvalue weighted by atomic mass is 10.1. The second kappa shape index (κ2) is 4.10. The number of nitrogens with one attached hydrogen (secondary N) is 2. The maximum Gasteiger partial charge on any atom is 0.251 e. The summed E-state index contributed by atoms with van der Waals surface area (Å²) in [5.74, 6) is -0.105. The van der Waals surface area contributed by atoms with E-state index < -0.39 is 0 Å². The van der Waals surface area contributed by atoms with Crippen molar-refractivity contribution in [3.05, 3.63) is 30.1 Å². The standard InChI is InChI=1S/C13H15N3O2/c17-7-13(3-4-13)6-14-12(18)9-1-2-10-11(5-9)16-8-15-10/h1-2,5,8,17H,3-4,6-7H2,(H,14,18)(H,15,16). The summed E-state index contributed by atoms with van der Waals surface area (Å²) in [6, 6.07) is 5.37. The summed E-state index contributed by atoms with van der Waals surface area (Å²) >= 11 is 0. The third kappa shape index (κ3) is 1.97. The molecule has 1 amide bonds. The van der Waals surface area contributed by atoms with E-state index in [1.807, 2.05) is 6.07 Å². The quantitative estimate of drug-likeness (QED) is 0.753. The summed E-state index contributed by atoms with van der Waals surface area (Å²) in [5, 5.41) is 12.1. The molecule has 0 spiro atoms. The lowest BCUT2D eigenvalue weighted by molar-refractivity contribution is 0.0935. The average Bonchev–Trinajstić information content (AvgIpc) is 3.04. The van der Waals surface area contributed by atoms with E-state index in [9.17, 15) is 9.90 Å². The van der Waals surface area contributed by atoms with Gasteiger partial charge < -0.3 is 15.4 Å². The molecule has 0 bridgehead atoms. The zero-order valence-electron chi connectivity index (χ0n) is 9.94. The average molecular weight is 245 g/mol. The van der Waals surface area contributed by atoms with Gasteiger partial charge in [0, 0.05) is 17.5 Å². The SMILES string of the molecule is O=C(NCC1(CO)CC1)c1ccc2nc[nH]c2c1. The summed E-state index contributed by atoms with van der Waals surface area (Å²) in [5.41, 5.74) is 2.25. The van der Waals surface area contributed by atoms with Crippen LogP contribution in [0.15, 0.2) is 24.5 Å². The molecule has 0 saturated heterocycles. The number of aromatic nitrogens is 2. The van der Waals surface area contributed by atoms with E-state index in [-0.39, 0.29) is 17.9 Å². The summed E-state index contributed by atoms with van der Waals surface area (Å²) in [4.78, 5) is 19.1. The van der Waals surface area contributed by atoms with Crippen LogP contribution < -0.4 is 5.32 Å². The number of carbonyl (C=O) groups is 1. The molecule has 5 nitrogen and oxygen atoms in total. The normalized spacial score (nSPS) is 16.7. The minimum Gasteiger partial charge on any atom is -0.396 e. The summed E-state index contributed by atoms with van der Waals surface area (Å²) in [6.07, 6.45) is 3.59. The molecular weight excluding hydrogens is 230 g/mol. The molecule has 1 aliphatic carbocycles. The third-order valence-electron chi connectivity index (χ3n) is 3.60. The monoisotopic (exact) mass is 245 g/mol. The number of amides is 1. The molecule has 0 radical (unpaired) electrons. The maximum absolute atomic E-state index is 12.0. The number of imidazole rings is 1. The predicted molar refractivity (Wildman–Crippen MR) is 67.2 cm³/mol. The van der Waals surface area contributed by atoms with Gasteiger partial charge in [-0.1, -0.05) is 0 Å². The van der Waals surface area contributed by atoms with Crippen molar-refractivity contribution < 1.29 is 9.90 Å². The Kier molecular flexibility index (Phi) is 2.56. The molecular formula is C13H15N3O2. The smallest absolute Gasteiger partial charge is 0.251 e. The lowest BCUT2D eigenvalue weighted by Crippen LogP contribution is -2.31. The van der Waals surface area contributed by atoms with Crippen LogP contribution in [0.1, 0.15) is 23.2 Å². The van der Waals surface area contributed by atoms with E-state index in [1.54, 1.807) is 18.5 Å². The van der Waals surface area contributed by atoms with E-state index in [0.29, 0.717) is 12.1 Å². The van der Waals surface area contributed by atoms with Gasteiger partial charge in [-0.05, 0) is 31.0 Å². The van der Waals surface area contributed by atoms with Gasteiger partial charge in [0.15, 0.2) is 0 Å². The van der Waals surface area contributed by atoms with Gasteiger partial charge >= 0.3 is 0 Å². The Morgan fingerprint density at radius 2 is 2.33 bits per heavy atom. The first-order valence-electron chi connectivity index (χ1n) is 6.05. The molecule has 0 aliphatic heterocycles. The minimum absolute atomic E-state index is 0.0618. The largest absolute Gasteiger partial charge is 0.396 e. The first-order valence-corrected chi connectivity index (χ1v) is 6.05. The van der Waals surface area contributed by atoms with Crippen LogP contribution in [0, 0.1) is 5.41 Å². The van der Waals surface area contributed by atoms with Crippen LogP contribution >= 0.6 is 0 Å². The molecule has 0 atom stereocenters. The number of carbonyl (C=O) groups excluding carboxylic acids is 1. The molecule has 0 unspecified atom stereocenters. The molecule has 5 heteroatoms. The topological polar surface area (TPSA) is 78.0 Å². The zero-order chi connectivity index (χ0) is 12.6. The van der Waals surface area contributed by atoms with Crippen LogP contribution in [0.3, 0.4) is 0 Å². The maximum atomic E-state index is 12.0. The van der Waals surface area contributed by atoms with Crippen molar-refractivity contribution in [2.75, 3.05) is 13.2 Å². The highest BCUT2D eigenvalue weighted by Gasteiger charge is 2.42. The fourth-order valence-electron chi connectivity index (χ4n) is 2.01. The van der Waals surface area contributed by atoms with E-state index in [0.717, 1.165) is 23.9 Å². The van der Waals surface area contributed by atoms with Crippen LogP contribution in [0.25, 0.3) is 11.0 Å². The Balaban J connectivity index is 1.71. The van der Waals surface area contributed by atoms with Gasteiger partial charge in [0.2, 0.25) is 0 Å². The highest BCUT2D eigenvalue weighted by molar-refractivity contribution is 5.97. The highest BCUT2D eigenvalue weighted by Crippen LogP contribution is 2.44. The van der Waals surface area contributed by atoms with Crippen LogP contribution in [0.2, 0.25) is 0 Å². The summed E-state index contributed by atoms with van der Waals surface area (Å²) in [7, 11) is 0. The van der Waals surface area contributed by atoms with Crippen LogP contribution in [-0.4, -0.2) is 34.1 Å². The Morgan fingerprint density at radius 3 is 3.06 bits per heavy atom. The van der Waals surface area contributed by atoms with E-state index in [4.69, 9.17) is 0 Å². The van der Waals surface area contributed by atoms with Crippen molar-refractivity contribution in [2.45, 2.75) is 12.8 Å². The second-order valence-corrected chi connectivity index (χ2v) is 4.98. The molecule has 3 N–H and O–H groups in total. The van der Waals surface area contributed by atoms with Crippen molar-refractivity contribution in [3.8, 4) is 0 Å². The Labute approximate surface area is 104 Å². The van der Waals surface area contributed by atoms with Gasteiger partial charge in [-0.25, -0.2) is 4.98 Å². The molecule has 1 aliphatic rings. The molecule has 2 aromatic rings. The fraction of sp³-hybridized carbons (Fsp3) is 0.385. The van der Waals surface area contributed by atoms with Gasteiger partial charge in [-0.15, -0.1) is 0 Å². The number of aliphatic hydroxyl groups excluding tert-OH is 1. The minimum atomic E-state index is -0.105. The number of aromatic amines is 1. The van der Waals surface area contributed by atoms with Gasteiger partial charge in [0.25, 0.3) is 5.91 Å². The van der Waals surface area contributed by atoms with Gasteiger partial charge in [-0.2, -0.15) is 0 Å². The summed E-state index contributed by atoms with van der Waals surface area (Å²) in [6.45, 7) is 0.691. The highest BCUT2D eigenvalue weighted by atomic mass is 16.3. The number of nitrogens with zero attached hydrogens (tertiary/aromatic N) is 1. The van der Waals surface area contributed by atoms with Crippen molar-refractivity contribution in [1.29, 1.82) is 0 Å². The Bertz CT molecular complexity index is 587. The zero-order valence-corrected chi connectivity index (χ0v) is 9.94. The predicted octanol–water partition coefficient (Wildman–Crippen LogP) is 1.07. The molecule has 1 aromatic carbocycles. The molecule has 1 saturated carbocycles. The molecule has 1 aromatic heterocycles. The van der Waals surface area contributed by atoms with E-state index in [1.165, 1.54) is 0 Å². The Hall–Kier alpha value is -1.88. The number of rotatable bonds is 4. The van der Waals surface area contributed by atoms with Crippen LogP contribution in [0.4, 0.5) is 0 Å². The van der Waals surface area contributed by atoms with Crippen molar-refractivity contribution in [3.63, 3.8) is 0 Å². The Morgan fingerprint density at radius 1 is 1.50 bits per heavy atom. The molecule has 18 heavy (non-hydrogen) atoms. The lowest BCUT2D eigenvalue weighted by Gasteiger charge is -2.12. The van der Waals surface area contributed by atoms with Crippen molar-refractivity contribution in [1.82, 2.24) is 15.3 Å². The number of hydrogen-bond acceptors (Lipinski definition) is 3. The van der Waals surface area contributed by atoms with Gasteiger partial charge in [0.1, 0.15) is 0 Å². The number of aliphatic hydroxyl groups is 1. The number of fused-ring (bicyclic) bond motifs is 1. The molecule has 94 valence electrons. The first-order chi connectivity index (χ1) is 8.72. The van der Waals surface area contributed by atoms with Crippen molar-refractivity contribution in [2.24, 2.45) is 5.41 Å². The van der Waals surface area contributed by atoms with Gasteiger partial charge in [0.05, 0.1) is 24.0 Å². The molecule has 3 rings (SSSR count). The second-order valence-electron chi connectivity index (χ2n) is 4.98. The van der Waals surface area contributed by atoms with Crippen molar-refractivity contribution >= 4 is 16.9 Å².